The van der Waals surface area contributed by atoms with Crippen molar-refractivity contribution in [3.63, 3.8) is 0 Å². The number of fused-ring (bicyclic) bond motifs is 6. The summed E-state index contributed by atoms with van der Waals surface area (Å²) in [4.78, 5) is 14.1. The molecule has 0 N–H and O–H groups in total. The Morgan fingerprint density at radius 1 is 0.343 bits per heavy atom. The zero-order valence-electron chi connectivity index (χ0n) is 37.3. The molecule has 0 unspecified atom stereocenters. The number of aromatic nitrogens is 3. The van der Waals surface area contributed by atoms with E-state index in [1.807, 2.05) is 24.5 Å². The summed E-state index contributed by atoms with van der Waals surface area (Å²) in [5.74, 6) is 0. The Kier molecular flexibility index (Phi) is 9.88. The predicted molar refractivity (Wildman–Crippen MR) is 281 cm³/mol. The molecule has 0 aliphatic rings. The molecular weight excluding hydrogens is 815 g/mol. The Balaban J connectivity index is 1.01. The second kappa shape index (κ2) is 16.6. The SMILES string of the molecule is Cc1cc(-n2c3ccc(N(c4ccccc4)c4ccccc4)cc3c3cc(N(c4ccccc4)c4ccccc4)ccc32)c(C)cc1-c1ccc(-c2cc3cccnc3c3ncccc23)cc1. The van der Waals surface area contributed by atoms with E-state index in [9.17, 15) is 0 Å². The summed E-state index contributed by atoms with van der Waals surface area (Å²) in [5, 5.41) is 4.54. The highest BCUT2D eigenvalue weighted by atomic mass is 15.1. The zero-order chi connectivity index (χ0) is 44.8. The first-order valence-corrected chi connectivity index (χ1v) is 22.8. The largest absolute Gasteiger partial charge is 0.310 e. The molecule has 0 bridgehead atoms. The first-order chi connectivity index (χ1) is 33.1. The lowest BCUT2D eigenvalue weighted by Gasteiger charge is -2.26. The number of nitrogens with zero attached hydrogens (tertiary/aromatic N) is 5. The van der Waals surface area contributed by atoms with Crippen molar-refractivity contribution in [2.24, 2.45) is 0 Å². The van der Waals surface area contributed by atoms with Crippen molar-refractivity contribution in [3.8, 4) is 27.9 Å². The minimum Gasteiger partial charge on any atom is -0.310 e. The van der Waals surface area contributed by atoms with E-state index in [1.165, 1.54) is 33.0 Å². The molecule has 12 aromatic rings. The molecule has 0 spiro atoms. The van der Waals surface area contributed by atoms with Gasteiger partial charge in [-0.1, -0.05) is 109 Å². The van der Waals surface area contributed by atoms with Crippen molar-refractivity contribution in [2.75, 3.05) is 9.80 Å². The maximum absolute atomic E-state index is 4.75. The summed E-state index contributed by atoms with van der Waals surface area (Å²) in [6.07, 6.45) is 3.69. The van der Waals surface area contributed by atoms with Crippen LogP contribution in [0.2, 0.25) is 0 Å². The molecule has 67 heavy (non-hydrogen) atoms. The number of pyridine rings is 2. The van der Waals surface area contributed by atoms with E-state index in [0.717, 1.165) is 83.8 Å². The van der Waals surface area contributed by atoms with Gasteiger partial charge in [0, 0.05) is 73.8 Å². The standard InChI is InChI=1S/C62H45N5/c1-42-38-60(43(2)37-54(42)44-27-29-45(30-28-44)55-39-46-17-15-35-63-61(46)62-53(55)26-16-36-64-62)67-58-33-31-51(65(47-18-7-3-8-19-47)48-20-9-4-10-21-48)40-56(58)57-41-52(32-34-59(57)67)66(49-22-11-5-12-23-49)50-24-13-6-14-25-50/h3-41H,1-2H3. The second-order valence-corrected chi connectivity index (χ2v) is 17.2. The van der Waals surface area contributed by atoms with Crippen LogP contribution in [-0.2, 0) is 0 Å². The fourth-order valence-corrected chi connectivity index (χ4v) is 9.94. The molecule has 0 aliphatic carbocycles. The van der Waals surface area contributed by atoms with Crippen LogP contribution in [0.25, 0.3) is 71.6 Å². The summed E-state index contributed by atoms with van der Waals surface area (Å²) in [6.45, 7) is 4.48. The van der Waals surface area contributed by atoms with Gasteiger partial charge in [-0.2, -0.15) is 0 Å². The van der Waals surface area contributed by atoms with Gasteiger partial charge in [0.1, 0.15) is 0 Å². The van der Waals surface area contributed by atoms with Crippen molar-refractivity contribution in [3.05, 3.63) is 248 Å². The molecule has 0 saturated heterocycles. The van der Waals surface area contributed by atoms with Gasteiger partial charge in [0.05, 0.1) is 22.1 Å². The smallest absolute Gasteiger partial charge is 0.0970 e. The third kappa shape index (κ3) is 7.05. The number of hydrogen-bond donors (Lipinski definition) is 0. The molecule has 5 heteroatoms. The van der Waals surface area contributed by atoms with Gasteiger partial charge in [-0.3, -0.25) is 9.97 Å². The van der Waals surface area contributed by atoms with Crippen LogP contribution in [0, 0.1) is 13.8 Å². The Bertz CT molecular complexity index is 3530. The molecule has 3 heterocycles. The third-order valence-corrected chi connectivity index (χ3v) is 13.1. The van der Waals surface area contributed by atoms with Crippen LogP contribution < -0.4 is 9.80 Å². The molecule has 3 aromatic heterocycles. The van der Waals surface area contributed by atoms with E-state index in [2.05, 4.69) is 246 Å². The van der Waals surface area contributed by atoms with Gasteiger partial charge in [0.25, 0.3) is 0 Å². The van der Waals surface area contributed by atoms with Crippen molar-refractivity contribution < 1.29 is 0 Å². The lowest BCUT2D eigenvalue weighted by atomic mass is 9.93. The van der Waals surface area contributed by atoms with Crippen LogP contribution in [0.15, 0.2) is 237 Å². The highest BCUT2D eigenvalue weighted by Gasteiger charge is 2.21. The van der Waals surface area contributed by atoms with E-state index in [4.69, 9.17) is 4.98 Å². The molecule has 5 nitrogen and oxygen atoms in total. The van der Waals surface area contributed by atoms with Crippen LogP contribution in [0.5, 0.6) is 0 Å². The number of hydrogen-bond acceptors (Lipinski definition) is 4. The predicted octanol–water partition coefficient (Wildman–Crippen LogP) is 16.8. The third-order valence-electron chi connectivity index (χ3n) is 13.1. The van der Waals surface area contributed by atoms with E-state index >= 15 is 0 Å². The summed E-state index contributed by atoms with van der Waals surface area (Å²) < 4.78 is 2.46. The molecule has 12 rings (SSSR count). The first kappa shape index (κ1) is 39.8. The maximum atomic E-state index is 4.75. The number of aryl methyl sites for hydroxylation is 2. The Hall–Kier alpha value is -8.80. The van der Waals surface area contributed by atoms with E-state index in [-0.39, 0.29) is 0 Å². The van der Waals surface area contributed by atoms with Gasteiger partial charge in [-0.05, 0) is 162 Å². The molecule has 0 radical (unpaired) electrons. The van der Waals surface area contributed by atoms with Crippen molar-refractivity contribution in [2.45, 2.75) is 13.8 Å². The molecule has 0 atom stereocenters. The Morgan fingerprint density at radius 2 is 0.806 bits per heavy atom. The summed E-state index contributed by atoms with van der Waals surface area (Å²) in [5.41, 5.74) is 19.0. The topological polar surface area (TPSA) is 37.2 Å². The highest BCUT2D eigenvalue weighted by molar-refractivity contribution is 6.13. The molecule has 318 valence electrons. The van der Waals surface area contributed by atoms with Gasteiger partial charge in [-0.25, -0.2) is 0 Å². The van der Waals surface area contributed by atoms with Gasteiger partial charge in [0.2, 0.25) is 0 Å². The minimum atomic E-state index is 0.925. The monoisotopic (exact) mass is 859 g/mol. The molecule has 0 saturated carbocycles. The van der Waals surface area contributed by atoms with Crippen LogP contribution in [0.3, 0.4) is 0 Å². The van der Waals surface area contributed by atoms with Crippen molar-refractivity contribution >= 4 is 77.7 Å². The van der Waals surface area contributed by atoms with Crippen molar-refractivity contribution in [1.29, 1.82) is 0 Å². The van der Waals surface area contributed by atoms with Crippen molar-refractivity contribution in [1.82, 2.24) is 14.5 Å². The number of rotatable bonds is 9. The van der Waals surface area contributed by atoms with Gasteiger partial charge in [-0.15, -0.1) is 0 Å². The van der Waals surface area contributed by atoms with Gasteiger partial charge < -0.3 is 14.4 Å². The van der Waals surface area contributed by atoms with E-state index < -0.39 is 0 Å². The van der Waals surface area contributed by atoms with Crippen LogP contribution >= 0.6 is 0 Å². The Morgan fingerprint density at radius 3 is 1.31 bits per heavy atom. The number of benzene rings is 9. The number of anilines is 6. The van der Waals surface area contributed by atoms with Crippen LogP contribution in [0.4, 0.5) is 34.1 Å². The summed E-state index contributed by atoms with van der Waals surface area (Å²) >= 11 is 0. The fourth-order valence-electron chi connectivity index (χ4n) is 9.94. The first-order valence-electron chi connectivity index (χ1n) is 22.8. The Labute approximate surface area is 390 Å². The van der Waals surface area contributed by atoms with E-state index in [1.54, 1.807) is 0 Å². The quantitative estimate of drug-likeness (QED) is 0.136. The molecular formula is C62H45N5. The van der Waals surface area contributed by atoms with Gasteiger partial charge in [0.15, 0.2) is 0 Å². The number of para-hydroxylation sites is 4. The lowest BCUT2D eigenvalue weighted by Crippen LogP contribution is -2.09. The molecule has 0 fully saturated rings. The normalized spacial score (nSPS) is 11.4. The minimum absolute atomic E-state index is 0.925. The fraction of sp³-hybridized carbons (Fsp3) is 0.0323. The molecule has 0 amide bonds. The zero-order valence-corrected chi connectivity index (χ0v) is 37.3. The average molecular weight is 860 g/mol. The molecule has 9 aromatic carbocycles. The van der Waals surface area contributed by atoms with Gasteiger partial charge >= 0.3 is 0 Å². The second-order valence-electron chi connectivity index (χ2n) is 17.2. The maximum Gasteiger partial charge on any atom is 0.0970 e. The van der Waals surface area contributed by atoms with E-state index in [0.29, 0.717) is 0 Å². The highest BCUT2D eigenvalue weighted by Crippen LogP contribution is 2.44. The summed E-state index contributed by atoms with van der Waals surface area (Å²) in [6, 6.07) is 80.7. The molecule has 0 aliphatic heterocycles. The summed E-state index contributed by atoms with van der Waals surface area (Å²) in [7, 11) is 0. The lowest BCUT2D eigenvalue weighted by molar-refractivity contribution is 1.14. The van der Waals surface area contributed by atoms with Crippen LogP contribution in [-0.4, -0.2) is 14.5 Å². The van der Waals surface area contributed by atoms with Crippen LogP contribution in [0.1, 0.15) is 11.1 Å². The average Bonchev–Trinajstić information content (AvgIpc) is 3.71.